The molecule has 0 aromatic heterocycles. The Morgan fingerprint density at radius 2 is 1.78 bits per heavy atom. The molecule has 2 heterocycles. The fourth-order valence-electron chi connectivity index (χ4n) is 2.95. The van der Waals surface area contributed by atoms with Crippen LogP contribution in [0.2, 0.25) is 0 Å². The largest absolute Gasteiger partial charge is 0.485 e. The van der Waals surface area contributed by atoms with E-state index >= 15 is 0 Å². The van der Waals surface area contributed by atoms with Gasteiger partial charge < -0.3 is 14.8 Å². The Morgan fingerprint density at radius 3 is 2.48 bits per heavy atom. The molecule has 2 aromatic rings. The van der Waals surface area contributed by atoms with E-state index < -0.39 is 28.0 Å². The van der Waals surface area contributed by atoms with Crippen molar-refractivity contribution in [2.45, 2.75) is 6.10 Å². The van der Waals surface area contributed by atoms with E-state index in [0.29, 0.717) is 11.5 Å². The van der Waals surface area contributed by atoms with Crippen LogP contribution in [-0.4, -0.2) is 41.1 Å². The Morgan fingerprint density at radius 1 is 1.15 bits per heavy atom. The predicted octanol–water partition coefficient (Wildman–Crippen LogP) is 1.73. The van der Waals surface area contributed by atoms with Gasteiger partial charge in [-0.1, -0.05) is 12.1 Å². The van der Waals surface area contributed by atoms with Crippen LogP contribution in [0.1, 0.15) is 0 Å². The highest BCUT2D eigenvalue weighted by Crippen LogP contribution is 2.41. The van der Waals surface area contributed by atoms with E-state index in [1.807, 2.05) is 0 Å². The summed E-state index contributed by atoms with van der Waals surface area (Å²) in [6.07, 6.45) is -0.961. The van der Waals surface area contributed by atoms with Crippen LogP contribution in [0.3, 0.4) is 0 Å². The van der Waals surface area contributed by atoms with E-state index in [1.54, 1.807) is 24.3 Å². The van der Waals surface area contributed by atoms with E-state index in [9.17, 15) is 17.6 Å². The van der Waals surface area contributed by atoms with E-state index in [4.69, 9.17) is 9.47 Å². The van der Waals surface area contributed by atoms with Crippen molar-refractivity contribution in [3.05, 3.63) is 42.2 Å². The zero-order chi connectivity index (χ0) is 19.3. The molecule has 4 rings (SSSR count). The number of nitrogens with zero attached hydrogens (tertiary/aromatic N) is 2. The van der Waals surface area contributed by atoms with Gasteiger partial charge in [-0.05, 0) is 18.2 Å². The molecule has 2 aromatic carbocycles. The van der Waals surface area contributed by atoms with Crippen molar-refractivity contribution in [1.82, 2.24) is 0 Å². The first-order chi connectivity index (χ1) is 12.8. The van der Waals surface area contributed by atoms with Gasteiger partial charge in [-0.3, -0.25) is 13.4 Å². The molecule has 8 nitrogen and oxygen atoms in total. The highest BCUT2D eigenvalue weighted by Gasteiger charge is 2.37. The summed E-state index contributed by atoms with van der Waals surface area (Å²) in [6, 6.07) is 9.26. The standard InChI is InChI=1S/C17H16FN3O5S/c1-20-12-7-10(18)11(8-13(12)21(2)27(20,23)24)19-17(22)16-9-25-14-5-3-4-6-15(14)26-16/h3-8,16H,9H2,1-2H3,(H,19,22). The minimum atomic E-state index is -3.74. The molecule has 0 saturated carbocycles. The second kappa shape index (κ2) is 6.02. The van der Waals surface area contributed by atoms with Gasteiger partial charge in [0.15, 0.2) is 11.5 Å². The lowest BCUT2D eigenvalue weighted by atomic mass is 10.2. The number of amides is 1. The van der Waals surface area contributed by atoms with Crippen molar-refractivity contribution >= 4 is 33.2 Å². The van der Waals surface area contributed by atoms with Gasteiger partial charge in [-0.25, -0.2) is 4.39 Å². The number of para-hydroxylation sites is 2. The van der Waals surface area contributed by atoms with E-state index in [2.05, 4.69) is 5.32 Å². The second-order valence-electron chi connectivity index (χ2n) is 6.12. The van der Waals surface area contributed by atoms with E-state index in [1.165, 1.54) is 20.2 Å². The predicted molar refractivity (Wildman–Crippen MR) is 97.1 cm³/mol. The zero-order valence-corrected chi connectivity index (χ0v) is 15.3. The van der Waals surface area contributed by atoms with Crippen LogP contribution >= 0.6 is 0 Å². The lowest BCUT2D eigenvalue weighted by Crippen LogP contribution is -2.40. The maximum atomic E-state index is 14.4. The zero-order valence-electron chi connectivity index (χ0n) is 14.5. The Balaban J connectivity index is 1.58. The van der Waals surface area contributed by atoms with Crippen LogP contribution in [0, 0.1) is 5.82 Å². The quantitative estimate of drug-likeness (QED) is 0.840. The van der Waals surface area contributed by atoms with Gasteiger partial charge in [-0.15, -0.1) is 0 Å². The molecule has 0 saturated heterocycles. The molecule has 2 aliphatic rings. The first-order valence-corrected chi connectivity index (χ1v) is 9.44. The molecular formula is C17H16FN3O5S. The number of benzene rings is 2. The number of halogens is 1. The SMILES string of the molecule is CN1c2cc(F)c(NC(=O)C3COc4ccccc4O3)cc2N(C)S1(=O)=O. The smallest absolute Gasteiger partial charge is 0.326 e. The van der Waals surface area contributed by atoms with Crippen molar-refractivity contribution in [3.8, 4) is 11.5 Å². The van der Waals surface area contributed by atoms with Crippen LogP contribution in [-0.2, 0) is 15.0 Å². The summed E-state index contributed by atoms with van der Waals surface area (Å²) in [7, 11) is -1.05. The Labute approximate surface area is 155 Å². The van der Waals surface area contributed by atoms with Crippen molar-refractivity contribution < 1.29 is 27.1 Å². The summed E-state index contributed by atoms with van der Waals surface area (Å²) < 4.78 is 51.8. The molecule has 142 valence electrons. The van der Waals surface area contributed by atoms with Gasteiger partial charge in [0.1, 0.15) is 12.4 Å². The number of hydrogen-bond donors (Lipinski definition) is 1. The third-order valence-electron chi connectivity index (χ3n) is 4.49. The first kappa shape index (κ1) is 17.4. The Bertz CT molecular complexity index is 1040. The van der Waals surface area contributed by atoms with Gasteiger partial charge in [0.2, 0.25) is 6.10 Å². The van der Waals surface area contributed by atoms with Crippen molar-refractivity contribution in [3.63, 3.8) is 0 Å². The Hall–Kier alpha value is -3.01. The molecular weight excluding hydrogens is 377 g/mol. The number of anilines is 3. The number of hydrogen-bond acceptors (Lipinski definition) is 5. The van der Waals surface area contributed by atoms with Crippen molar-refractivity contribution in [2.24, 2.45) is 0 Å². The summed E-state index contributed by atoms with van der Waals surface area (Å²) in [5.41, 5.74) is 0.318. The summed E-state index contributed by atoms with van der Waals surface area (Å²) in [4.78, 5) is 12.5. The molecule has 27 heavy (non-hydrogen) atoms. The summed E-state index contributed by atoms with van der Waals surface area (Å²) in [6.45, 7) is -0.0214. The molecule has 1 N–H and O–H groups in total. The number of carbonyl (C=O) groups is 1. The number of carbonyl (C=O) groups excluding carboxylic acids is 1. The van der Waals surface area contributed by atoms with Crippen LogP contribution in [0.15, 0.2) is 36.4 Å². The second-order valence-corrected chi connectivity index (χ2v) is 8.11. The highest BCUT2D eigenvalue weighted by molar-refractivity contribution is 7.94. The van der Waals surface area contributed by atoms with Gasteiger partial charge in [0, 0.05) is 20.2 Å². The first-order valence-electron chi connectivity index (χ1n) is 8.04. The summed E-state index contributed by atoms with van der Waals surface area (Å²) in [5.74, 6) is -0.400. The molecule has 0 spiro atoms. The van der Waals surface area contributed by atoms with Crippen LogP contribution in [0.25, 0.3) is 0 Å². The fraction of sp³-hybridized carbons (Fsp3) is 0.235. The maximum absolute atomic E-state index is 14.4. The molecule has 0 bridgehead atoms. The minimum Gasteiger partial charge on any atom is -0.485 e. The van der Waals surface area contributed by atoms with E-state index in [0.717, 1.165) is 14.7 Å². The molecule has 2 aliphatic heterocycles. The third-order valence-corrected chi connectivity index (χ3v) is 6.27. The molecule has 0 fully saturated rings. The molecule has 1 atom stereocenters. The lowest BCUT2D eigenvalue weighted by molar-refractivity contribution is -0.125. The normalized spacial score (nSPS) is 19.6. The molecule has 1 unspecified atom stereocenters. The highest BCUT2D eigenvalue weighted by atomic mass is 32.2. The molecule has 1 amide bonds. The minimum absolute atomic E-state index is 0.0214. The van der Waals surface area contributed by atoms with Gasteiger partial charge in [0.05, 0.1) is 17.1 Å². The van der Waals surface area contributed by atoms with Gasteiger partial charge in [0.25, 0.3) is 5.91 Å². The van der Waals surface area contributed by atoms with Crippen molar-refractivity contribution in [1.29, 1.82) is 0 Å². The van der Waals surface area contributed by atoms with Gasteiger partial charge >= 0.3 is 10.2 Å². The average molecular weight is 393 g/mol. The van der Waals surface area contributed by atoms with Crippen LogP contribution < -0.4 is 23.4 Å². The number of nitrogens with one attached hydrogen (secondary N) is 1. The molecule has 0 aliphatic carbocycles. The lowest BCUT2D eigenvalue weighted by Gasteiger charge is -2.25. The monoisotopic (exact) mass is 393 g/mol. The van der Waals surface area contributed by atoms with Crippen LogP contribution in [0.4, 0.5) is 21.5 Å². The van der Waals surface area contributed by atoms with E-state index in [-0.39, 0.29) is 23.7 Å². The number of fused-ring (bicyclic) bond motifs is 2. The van der Waals surface area contributed by atoms with Crippen LogP contribution in [0.5, 0.6) is 11.5 Å². The Kier molecular flexibility index (Phi) is 3.88. The topological polar surface area (TPSA) is 88.2 Å². The fourth-order valence-corrected chi connectivity index (χ4v) is 4.10. The summed E-state index contributed by atoms with van der Waals surface area (Å²) >= 11 is 0. The average Bonchev–Trinajstić information content (AvgIpc) is 2.82. The molecule has 0 radical (unpaired) electrons. The number of ether oxygens (including phenoxy) is 2. The maximum Gasteiger partial charge on any atom is 0.326 e. The third kappa shape index (κ3) is 2.72. The number of rotatable bonds is 2. The molecule has 10 heteroatoms. The van der Waals surface area contributed by atoms with Crippen molar-refractivity contribution in [2.75, 3.05) is 34.6 Å². The van der Waals surface area contributed by atoms with Gasteiger partial charge in [-0.2, -0.15) is 8.42 Å². The summed E-state index contributed by atoms with van der Waals surface area (Å²) in [5, 5.41) is 2.44.